The predicted octanol–water partition coefficient (Wildman–Crippen LogP) is -0.0342. The Kier molecular flexibility index (Phi) is 3.67. The van der Waals surface area contributed by atoms with E-state index >= 15 is 0 Å². The van der Waals surface area contributed by atoms with E-state index in [1.54, 1.807) is 0 Å². The van der Waals surface area contributed by atoms with E-state index in [2.05, 4.69) is 10.2 Å². The zero-order valence-electron chi connectivity index (χ0n) is 9.17. The summed E-state index contributed by atoms with van der Waals surface area (Å²) in [4.78, 5) is 0. The molecule has 0 atom stereocenters. The Labute approximate surface area is 103 Å². The van der Waals surface area contributed by atoms with E-state index < -0.39 is 9.05 Å². The molecule has 0 unspecified atom stereocenters. The van der Waals surface area contributed by atoms with Crippen LogP contribution in [0.3, 0.4) is 0 Å². The Morgan fingerprint density at radius 1 is 1.53 bits per heavy atom. The Balaban J connectivity index is 2.35. The van der Waals surface area contributed by atoms with Crippen LogP contribution in [-0.4, -0.2) is 50.1 Å². The quantitative estimate of drug-likeness (QED) is 0.705. The van der Waals surface area contributed by atoms with E-state index in [1.165, 1.54) is 11.7 Å². The van der Waals surface area contributed by atoms with Crippen LogP contribution in [0, 0.1) is 0 Å². The summed E-state index contributed by atoms with van der Waals surface area (Å²) in [5.74, 6) is 0.652. The second kappa shape index (κ2) is 4.89. The number of methoxy groups -OCH3 is 1. The summed E-state index contributed by atoms with van der Waals surface area (Å²) in [5.41, 5.74) is 0. The summed E-state index contributed by atoms with van der Waals surface area (Å²) < 4.78 is 34.1. The first-order chi connectivity index (χ1) is 8.04. The number of ether oxygens (including phenoxy) is 2. The molecule has 0 radical (unpaired) electrons. The van der Waals surface area contributed by atoms with Gasteiger partial charge >= 0.3 is 0 Å². The van der Waals surface area contributed by atoms with Crippen LogP contribution in [0.15, 0.2) is 5.16 Å². The summed E-state index contributed by atoms with van der Waals surface area (Å²) in [6.07, 6.45) is 0. The van der Waals surface area contributed by atoms with Crippen molar-refractivity contribution in [1.82, 2.24) is 14.8 Å². The fourth-order valence-electron chi connectivity index (χ4n) is 1.56. The molecule has 0 saturated carbocycles. The highest BCUT2D eigenvalue weighted by molar-refractivity contribution is 8.13. The van der Waals surface area contributed by atoms with Crippen LogP contribution in [0.4, 0.5) is 0 Å². The highest BCUT2D eigenvalue weighted by atomic mass is 35.7. The number of halogens is 1. The first-order valence-electron chi connectivity index (χ1n) is 4.98. The van der Waals surface area contributed by atoms with Crippen molar-refractivity contribution in [2.24, 2.45) is 0 Å². The van der Waals surface area contributed by atoms with Gasteiger partial charge in [-0.25, -0.2) is 8.42 Å². The molecule has 1 saturated heterocycles. The molecule has 2 rings (SSSR count). The third-order valence-electron chi connectivity index (χ3n) is 2.49. The lowest BCUT2D eigenvalue weighted by Crippen LogP contribution is -2.29. The minimum Gasteiger partial charge on any atom is -0.383 e. The lowest BCUT2D eigenvalue weighted by atomic mass is 10.1. The Morgan fingerprint density at radius 3 is 2.71 bits per heavy atom. The average Bonchev–Trinajstić information content (AvgIpc) is 2.55. The fraction of sp³-hybridized carbons (Fsp3) is 0.750. The van der Waals surface area contributed by atoms with Gasteiger partial charge in [-0.05, 0) is 0 Å². The molecule has 0 bridgehead atoms. The third kappa shape index (κ3) is 2.59. The van der Waals surface area contributed by atoms with E-state index in [-0.39, 0.29) is 11.1 Å². The first-order valence-corrected chi connectivity index (χ1v) is 7.29. The SMILES string of the molecule is COCCn1c(C2COC2)nnc1S(=O)(=O)Cl. The second-order valence-electron chi connectivity index (χ2n) is 3.66. The van der Waals surface area contributed by atoms with Crippen LogP contribution in [-0.2, 0) is 25.1 Å². The summed E-state index contributed by atoms with van der Waals surface area (Å²) in [7, 11) is 2.94. The van der Waals surface area contributed by atoms with E-state index in [0.717, 1.165) is 0 Å². The second-order valence-corrected chi connectivity index (χ2v) is 6.12. The zero-order chi connectivity index (χ0) is 12.5. The molecule has 1 fully saturated rings. The van der Waals surface area contributed by atoms with Crippen molar-refractivity contribution >= 4 is 19.7 Å². The van der Waals surface area contributed by atoms with Gasteiger partial charge < -0.3 is 9.47 Å². The van der Waals surface area contributed by atoms with Crippen molar-refractivity contribution in [2.45, 2.75) is 17.6 Å². The molecule has 7 nitrogen and oxygen atoms in total. The van der Waals surface area contributed by atoms with E-state index in [9.17, 15) is 8.42 Å². The largest absolute Gasteiger partial charge is 0.383 e. The molecule has 0 amide bonds. The Bertz CT molecular complexity index is 497. The molecule has 0 spiro atoms. The van der Waals surface area contributed by atoms with Gasteiger partial charge in [0.1, 0.15) is 5.82 Å². The molecule has 1 aliphatic rings. The summed E-state index contributed by atoms with van der Waals surface area (Å²) in [6, 6.07) is 0. The molecule has 9 heteroatoms. The van der Waals surface area contributed by atoms with Crippen molar-refractivity contribution in [1.29, 1.82) is 0 Å². The van der Waals surface area contributed by atoms with Crippen molar-refractivity contribution in [2.75, 3.05) is 26.9 Å². The number of rotatable bonds is 5. The van der Waals surface area contributed by atoms with Gasteiger partial charge in [0, 0.05) is 24.3 Å². The molecule has 1 aromatic heterocycles. The average molecular weight is 282 g/mol. The smallest absolute Gasteiger partial charge is 0.296 e. The lowest BCUT2D eigenvalue weighted by molar-refractivity contribution is 0.00267. The van der Waals surface area contributed by atoms with Gasteiger partial charge in [0.15, 0.2) is 0 Å². The van der Waals surface area contributed by atoms with Crippen LogP contribution >= 0.6 is 10.7 Å². The molecule has 17 heavy (non-hydrogen) atoms. The van der Waals surface area contributed by atoms with Crippen LogP contribution in [0.5, 0.6) is 0 Å². The molecular formula is C8H12ClN3O4S. The van der Waals surface area contributed by atoms with Crippen LogP contribution < -0.4 is 0 Å². The highest BCUT2D eigenvalue weighted by Crippen LogP contribution is 2.25. The molecule has 0 N–H and O–H groups in total. The molecule has 2 heterocycles. The van der Waals surface area contributed by atoms with E-state index in [4.69, 9.17) is 20.2 Å². The van der Waals surface area contributed by atoms with Gasteiger partial charge in [0.2, 0.25) is 0 Å². The number of hydrogen-bond donors (Lipinski definition) is 0. The summed E-state index contributed by atoms with van der Waals surface area (Å²) in [5, 5.41) is 7.26. The first kappa shape index (κ1) is 12.7. The van der Waals surface area contributed by atoms with Crippen molar-refractivity contribution in [3.8, 4) is 0 Å². The lowest BCUT2D eigenvalue weighted by Gasteiger charge is -2.25. The zero-order valence-corrected chi connectivity index (χ0v) is 10.7. The van der Waals surface area contributed by atoms with Gasteiger partial charge in [0.05, 0.1) is 25.7 Å². The van der Waals surface area contributed by atoms with Gasteiger partial charge in [-0.3, -0.25) is 4.57 Å². The highest BCUT2D eigenvalue weighted by Gasteiger charge is 2.30. The Hall–Kier alpha value is -0.700. The topological polar surface area (TPSA) is 83.3 Å². The van der Waals surface area contributed by atoms with Crippen molar-refractivity contribution < 1.29 is 17.9 Å². The minimum atomic E-state index is -3.90. The van der Waals surface area contributed by atoms with Crippen LogP contribution in [0.1, 0.15) is 11.7 Å². The standard InChI is InChI=1S/C8H12ClN3O4S/c1-15-3-2-12-7(6-4-16-5-6)10-11-8(12)17(9,13)14/h6H,2-5H2,1H3. The van der Waals surface area contributed by atoms with Gasteiger partial charge in [0.25, 0.3) is 14.2 Å². The molecule has 0 aliphatic carbocycles. The Morgan fingerprint density at radius 2 is 2.24 bits per heavy atom. The summed E-state index contributed by atoms with van der Waals surface area (Å²) >= 11 is 0. The number of aromatic nitrogens is 3. The minimum absolute atomic E-state index is 0.0755. The molecule has 1 aromatic rings. The monoisotopic (exact) mass is 281 g/mol. The third-order valence-corrected chi connectivity index (χ3v) is 3.64. The molecule has 1 aliphatic heterocycles. The van der Waals surface area contributed by atoms with Crippen molar-refractivity contribution in [3.63, 3.8) is 0 Å². The number of nitrogens with zero attached hydrogens (tertiary/aromatic N) is 3. The normalized spacial score (nSPS) is 17.1. The van der Waals surface area contributed by atoms with Gasteiger partial charge in [-0.2, -0.15) is 0 Å². The summed E-state index contributed by atoms with van der Waals surface area (Å²) in [6.45, 7) is 1.75. The maximum Gasteiger partial charge on any atom is 0.296 e. The van der Waals surface area contributed by atoms with Crippen LogP contribution in [0.2, 0.25) is 0 Å². The van der Waals surface area contributed by atoms with E-state index in [0.29, 0.717) is 32.2 Å². The fourth-order valence-corrected chi connectivity index (χ4v) is 2.49. The van der Waals surface area contributed by atoms with E-state index in [1.807, 2.05) is 0 Å². The maximum absolute atomic E-state index is 11.3. The van der Waals surface area contributed by atoms with Crippen molar-refractivity contribution in [3.05, 3.63) is 5.82 Å². The predicted molar refractivity (Wildman–Crippen MR) is 58.5 cm³/mol. The van der Waals surface area contributed by atoms with Gasteiger partial charge in [-0.1, -0.05) is 0 Å². The van der Waals surface area contributed by atoms with Gasteiger partial charge in [-0.15, -0.1) is 10.2 Å². The number of hydrogen-bond acceptors (Lipinski definition) is 6. The molecule has 96 valence electrons. The molecule has 0 aromatic carbocycles. The van der Waals surface area contributed by atoms with Crippen LogP contribution in [0.25, 0.3) is 0 Å². The molecular weight excluding hydrogens is 270 g/mol. The maximum atomic E-state index is 11.3.